The Balaban J connectivity index is 1.71. The number of aliphatic hydroxyl groups excluding tert-OH is 1. The van der Waals surface area contributed by atoms with E-state index in [0.717, 1.165) is 24.0 Å². The Kier molecular flexibility index (Phi) is 4.72. The molecule has 3 N–H and O–H groups in total. The zero-order chi connectivity index (χ0) is 18.3. The highest BCUT2D eigenvalue weighted by atomic mass is 35.5. The van der Waals surface area contributed by atoms with Crippen LogP contribution in [0.2, 0.25) is 5.02 Å². The molecule has 0 radical (unpaired) electrons. The predicted octanol–water partition coefficient (Wildman–Crippen LogP) is 3.89. The number of nitrogens with two attached hydrogens (primary N) is 1. The van der Waals surface area contributed by atoms with Crippen LogP contribution in [0.1, 0.15) is 59.0 Å². The summed E-state index contributed by atoms with van der Waals surface area (Å²) >= 11 is 6.68. The number of aliphatic hydroxyl groups is 1. The number of benzene rings is 1. The van der Waals surface area contributed by atoms with Gasteiger partial charge < -0.3 is 10.8 Å². The topological polar surface area (TPSA) is 76.2 Å². The first-order valence-electron chi connectivity index (χ1n) is 9.23. The molecule has 0 aliphatic heterocycles. The maximum Gasteiger partial charge on any atom is 0.267 e. The summed E-state index contributed by atoms with van der Waals surface area (Å²) in [5.41, 5.74) is 7.95. The number of amides is 1. The molecule has 0 saturated heterocycles. The van der Waals surface area contributed by atoms with Crippen molar-refractivity contribution in [2.24, 2.45) is 23.5 Å². The van der Waals surface area contributed by atoms with E-state index in [9.17, 15) is 9.90 Å². The van der Waals surface area contributed by atoms with Gasteiger partial charge in [0.05, 0.1) is 11.1 Å². The number of rotatable bonds is 5. The minimum Gasteiger partial charge on any atom is -0.388 e. The van der Waals surface area contributed by atoms with Gasteiger partial charge in [-0.2, -0.15) is 0 Å². The lowest BCUT2D eigenvalue weighted by Gasteiger charge is -2.28. The molecule has 4 atom stereocenters. The minimum atomic E-state index is -0.788. The van der Waals surface area contributed by atoms with Crippen LogP contribution in [0.25, 0.3) is 0 Å². The largest absolute Gasteiger partial charge is 0.388 e. The molecule has 2 fully saturated rings. The molecule has 1 amide bonds. The summed E-state index contributed by atoms with van der Waals surface area (Å²) in [5, 5.41) is 11.5. The summed E-state index contributed by atoms with van der Waals surface area (Å²) in [6.45, 7) is 0. The predicted molar refractivity (Wildman–Crippen MR) is 101 cm³/mol. The second-order valence-corrected chi connectivity index (χ2v) is 8.05. The van der Waals surface area contributed by atoms with E-state index in [1.807, 2.05) is 30.3 Å². The Morgan fingerprint density at radius 2 is 2.04 bits per heavy atom. The fraction of sp³-hybridized carbons (Fsp3) is 0.429. The molecule has 1 aromatic heterocycles. The Bertz CT molecular complexity index is 824. The summed E-state index contributed by atoms with van der Waals surface area (Å²) in [7, 11) is 0. The molecule has 4 rings (SSSR count). The third-order valence-electron chi connectivity index (χ3n) is 6.09. The molecule has 26 heavy (non-hydrogen) atoms. The van der Waals surface area contributed by atoms with Crippen molar-refractivity contribution < 1.29 is 9.90 Å². The molecule has 4 nitrogen and oxygen atoms in total. The van der Waals surface area contributed by atoms with Crippen LogP contribution in [-0.4, -0.2) is 16.0 Å². The zero-order valence-corrected chi connectivity index (χ0v) is 15.3. The molecule has 2 saturated carbocycles. The number of halogens is 1. The first-order chi connectivity index (χ1) is 12.5. The number of carbonyl (C=O) groups excluding carboxylic acids is 1. The Hall–Kier alpha value is -1.91. The molecular formula is C21H23ClN2O2. The van der Waals surface area contributed by atoms with Crippen LogP contribution >= 0.6 is 11.6 Å². The van der Waals surface area contributed by atoms with E-state index < -0.39 is 12.0 Å². The number of hydrogen-bond acceptors (Lipinski definition) is 3. The second kappa shape index (κ2) is 7.01. The highest BCUT2D eigenvalue weighted by molar-refractivity contribution is 6.32. The maximum absolute atomic E-state index is 11.9. The summed E-state index contributed by atoms with van der Waals surface area (Å²) in [4.78, 5) is 16.2. The van der Waals surface area contributed by atoms with E-state index in [1.165, 1.54) is 12.8 Å². The van der Waals surface area contributed by atoms with Crippen molar-refractivity contribution in [3.63, 3.8) is 0 Å². The zero-order valence-electron chi connectivity index (χ0n) is 14.6. The van der Waals surface area contributed by atoms with Crippen molar-refractivity contribution in [2.75, 3.05) is 0 Å². The van der Waals surface area contributed by atoms with Gasteiger partial charge in [-0.1, -0.05) is 48.4 Å². The normalized spacial score (nSPS) is 25.4. The Morgan fingerprint density at radius 3 is 2.65 bits per heavy atom. The van der Waals surface area contributed by atoms with Gasteiger partial charge in [-0.05, 0) is 48.1 Å². The number of hydrogen-bond donors (Lipinski definition) is 2. The van der Waals surface area contributed by atoms with Crippen LogP contribution in [0.5, 0.6) is 0 Å². The standard InChI is InChI=1S/C21H23ClN2O2/c22-18-15(8-12-4-2-1-3-5-12)11-24-19(21(23)26)17(18)20(25)16-10-13-6-7-14(16)9-13/h1-5,11,13-14,16,20,25H,6-10H2,(H2,23,26). The fourth-order valence-corrected chi connectivity index (χ4v) is 5.16. The SMILES string of the molecule is NC(=O)c1ncc(Cc2ccccc2)c(Cl)c1C(O)C1CC2CCC1C2. The minimum absolute atomic E-state index is 0.0992. The first-order valence-corrected chi connectivity index (χ1v) is 9.61. The van der Waals surface area contributed by atoms with Gasteiger partial charge in [0.2, 0.25) is 0 Å². The monoisotopic (exact) mass is 370 g/mol. The van der Waals surface area contributed by atoms with Crippen LogP contribution in [0.3, 0.4) is 0 Å². The van der Waals surface area contributed by atoms with Gasteiger partial charge >= 0.3 is 0 Å². The number of nitrogens with zero attached hydrogens (tertiary/aromatic N) is 1. The lowest BCUT2D eigenvalue weighted by atomic mass is 9.81. The third-order valence-corrected chi connectivity index (χ3v) is 6.53. The lowest BCUT2D eigenvalue weighted by Crippen LogP contribution is -2.25. The fourth-order valence-electron chi connectivity index (χ4n) is 4.85. The number of aromatic nitrogens is 1. The van der Waals surface area contributed by atoms with E-state index in [2.05, 4.69) is 4.98 Å². The highest BCUT2D eigenvalue weighted by Crippen LogP contribution is 2.53. The van der Waals surface area contributed by atoms with Gasteiger partial charge in [0.25, 0.3) is 5.91 Å². The quantitative estimate of drug-likeness (QED) is 0.838. The lowest BCUT2D eigenvalue weighted by molar-refractivity contribution is 0.0721. The Labute approximate surface area is 158 Å². The molecule has 5 heteroatoms. The van der Waals surface area contributed by atoms with Crippen LogP contribution in [-0.2, 0) is 6.42 Å². The van der Waals surface area contributed by atoms with Crippen molar-refractivity contribution in [2.45, 2.75) is 38.2 Å². The van der Waals surface area contributed by atoms with E-state index in [1.54, 1.807) is 6.20 Å². The van der Waals surface area contributed by atoms with E-state index >= 15 is 0 Å². The molecule has 2 aliphatic carbocycles. The average molecular weight is 371 g/mol. The van der Waals surface area contributed by atoms with Gasteiger partial charge in [0, 0.05) is 18.2 Å². The van der Waals surface area contributed by atoms with E-state index in [0.29, 0.717) is 28.8 Å². The van der Waals surface area contributed by atoms with Crippen LogP contribution in [0.4, 0.5) is 0 Å². The van der Waals surface area contributed by atoms with Crippen LogP contribution in [0, 0.1) is 17.8 Å². The van der Waals surface area contributed by atoms with Crippen LogP contribution in [0.15, 0.2) is 36.5 Å². The molecule has 2 aliphatic rings. The van der Waals surface area contributed by atoms with Gasteiger partial charge in [0.1, 0.15) is 5.69 Å². The number of primary amides is 1. The highest BCUT2D eigenvalue weighted by Gasteiger charge is 2.44. The first kappa shape index (κ1) is 17.5. The van der Waals surface area contributed by atoms with Crippen molar-refractivity contribution >= 4 is 17.5 Å². The molecule has 1 heterocycles. The van der Waals surface area contributed by atoms with Crippen molar-refractivity contribution in [1.82, 2.24) is 4.98 Å². The molecule has 4 unspecified atom stereocenters. The third kappa shape index (κ3) is 3.12. The molecular weight excluding hydrogens is 348 g/mol. The molecule has 1 aromatic carbocycles. The summed E-state index contributed by atoms with van der Waals surface area (Å²) in [5.74, 6) is 0.689. The summed E-state index contributed by atoms with van der Waals surface area (Å²) in [6.07, 6.45) is 5.97. The van der Waals surface area contributed by atoms with Gasteiger partial charge in [-0.3, -0.25) is 9.78 Å². The summed E-state index contributed by atoms with van der Waals surface area (Å²) < 4.78 is 0. The summed E-state index contributed by atoms with van der Waals surface area (Å²) in [6, 6.07) is 9.94. The maximum atomic E-state index is 11.9. The van der Waals surface area contributed by atoms with Crippen molar-refractivity contribution in [1.29, 1.82) is 0 Å². The van der Waals surface area contributed by atoms with Gasteiger partial charge in [-0.15, -0.1) is 0 Å². The van der Waals surface area contributed by atoms with E-state index in [-0.39, 0.29) is 11.6 Å². The molecule has 2 aromatic rings. The number of pyridine rings is 1. The smallest absolute Gasteiger partial charge is 0.267 e. The second-order valence-electron chi connectivity index (χ2n) is 7.67. The Morgan fingerprint density at radius 1 is 1.27 bits per heavy atom. The van der Waals surface area contributed by atoms with Crippen LogP contribution < -0.4 is 5.73 Å². The van der Waals surface area contributed by atoms with E-state index in [4.69, 9.17) is 17.3 Å². The molecule has 0 spiro atoms. The number of fused-ring (bicyclic) bond motifs is 2. The van der Waals surface area contributed by atoms with Gasteiger partial charge in [0.15, 0.2) is 0 Å². The van der Waals surface area contributed by atoms with Crippen molar-refractivity contribution in [3.8, 4) is 0 Å². The van der Waals surface area contributed by atoms with Crippen molar-refractivity contribution in [3.05, 3.63) is 63.9 Å². The molecule has 136 valence electrons. The average Bonchev–Trinajstić information content (AvgIpc) is 3.27. The number of carbonyl (C=O) groups is 1. The van der Waals surface area contributed by atoms with Gasteiger partial charge in [-0.25, -0.2) is 0 Å². The molecule has 2 bridgehead atoms.